The van der Waals surface area contributed by atoms with Gasteiger partial charge in [-0.15, -0.1) is 0 Å². The molecular weight excluding hydrogens is 533 g/mol. The first-order valence-electron chi connectivity index (χ1n) is 15.1. The molecule has 0 spiro atoms. The molecule has 0 radical (unpaired) electrons. The highest BCUT2D eigenvalue weighted by atomic mass is 19.1. The molecule has 3 fully saturated rings. The number of anilines is 1. The Kier molecular flexibility index (Phi) is 6.42. The molecule has 220 valence electrons. The topological polar surface area (TPSA) is 70.9 Å². The van der Waals surface area contributed by atoms with Gasteiger partial charge in [-0.2, -0.15) is 4.98 Å². The van der Waals surface area contributed by atoms with Gasteiger partial charge >= 0.3 is 5.69 Å². The first-order valence-corrected chi connectivity index (χ1v) is 15.1. The Morgan fingerprint density at radius 2 is 1.90 bits per heavy atom. The molecule has 7 rings (SSSR count). The number of carbonyl (C=O) groups is 1. The van der Waals surface area contributed by atoms with Crippen molar-refractivity contribution in [2.24, 2.45) is 0 Å². The number of piperazine rings is 1. The van der Waals surface area contributed by atoms with E-state index in [4.69, 9.17) is 9.72 Å². The van der Waals surface area contributed by atoms with E-state index < -0.39 is 0 Å². The van der Waals surface area contributed by atoms with Crippen molar-refractivity contribution in [3.63, 3.8) is 0 Å². The van der Waals surface area contributed by atoms with Crippen molar-refractivity contribution in [1.82, 2.24) is 19.4 Å². The van der Waals surface area contributed by atoms with Crippen LogP contribution in [0.25, 0.3) is 22.0 Å². The summed E-state index contributed by atoms with van der Waals surface area (Å²) in [4.78, 5) is 37.7. The molecule has 3 aromatic rings. The van der Waals surface area contributed by atoms with Crippen LogP contribution in [-0.4, -0.2) is 69.6 Å². The lowest BCUT2D eigenvalue weighted by atomic mass is 9.89. The predicted octanol–water partition coefficient (Wildman–Crippen LogP) is 4.56. The number of aryl methyl sites for hydroxylation is 2. The molecule has 0 aliphatic carbocycles. The van der Waals surface area contributed by atoms with Crippen molar-refractivity contribution >= 4 is 22.6 Å². The molecule has 4 aliphatic rings. The second-order valence-corrected chi connectivity index (χ2v) is 12.6. The lowest BCUT2D eigenvalue weighted by molar-refractivity contribution is -0.126. The van der Waals surface area contributed by atoms with Gasteiger partial charge in [-0.3, -0.25) is 14.3 Å². The van der Waals surface area contributed by atoms with Crippen molar-refractivity contribution in [3.8, 4) is 16.9 Å². The van der Waals surface area contributed by atoms with E-state index in [9.17, 15) is 9.59 Å². The highest BCUT2D eigenvalue weighted by molar-refractivity contribution is 6.01. The first-order chi connectivity index (χ1) is 20.2. The summed E-state index contributed by atoms with van der Waals surface area (Å²) in [6.45, 7) is 13.9. The van der Waals surface area contributed by atoms with Crippen LogP contribution in [0.1, 0.15) is 49.3 Å². The third-order valence-electron chi connectivity index (χ3n) is 10.1. The SMILES string of the molecule is C=CC(=O)N1CCN(c2nc(=O)n(CC34CCCN3CCC4)c3c4c(c(C)cc23)-c2c(ccc(C)c2F)CO4)[C@@H](C)C1. The summed E-state index contributed by atoms with van der Waals surface area (Å²) < 4.78 is 24.1. The van der Waals surface area contributed by atoms with Crippen LogP contribution in [0.3, 0.4) is 0 Å². The van der Waals surface area contributed by atoms with Crippen molar-refractivity contribution in [2.75, 3.05) is 37.6 Å². The Morgan fingerprint density at radius 1 is 1.14 bits per heavy atom. The van der Waals surface area contributed by atoms with E-state index in [0.717, 1.165) is 60.8 Å². The number of aromatic nitrogens is 2. The quantitative estimate of drug-likeness (QED) is 0.428. The Hall–Kier alpha value is -3.72. The van der Waals surface area contributed by atoms with Gasteiger partial charge in [0.05, 0.1) is 5.52 Å². The number of hydrogen-bond donors (Lipinski definition) is 0. The van der Waals surface area contributed by atoms with E-state index in [1.807, 2.05) is 24.5 Å². The number of hydrogen-bond acceptors (Lipinski definition) is 6. The van der Waals surface area contributed by atoms with Gasteiger partial charge in [0.2, 0.25) is 5.91 Å². The summed E-state index contributed by atoms with van der Waals surface area (Å²) in [6.07, 6.45) is 5.68. The van der Waals surface area contributed by atoms with Gasteiger partial charge in [-0.1, -0.05) is 18.7 Å². The maximum absolute atomic E-state index is 15.8. The van der Waals surface area contributed by atoms with Crippen molar-refractivity contribution < 1.29 is 13.9 Å². The zero-order valence-electron chi connectivity index (χ0n) is 24.7. The van der Waals surface area contributed by atoms with E-state index in [2.05, 4.69) is 22.4 Å². The zero-order valence-corrected chi connectivity index (χ0v) is 24.7. The summed E-state index contributed by atoms with van der Waals surface area (Å²) in [5.74, 6) is 0.827. The number of ether oxygens (including phenoxy) is 1. The van der Waals surface area contributed by atoms with Crippen LogP contribution in [0.2, 0.25) is 0 Å². The van der Waals surface area contributed by atoms with Gasteiger partial charge < -0.3 is 14.5 Å². The maximum atomic E-state index is 15.8. The fourth-order valence-corrected chi connectivity index (χ4v) is 7.98. The third-order valence-corrected chi connectivity index (χ3v) is 10.1. The average molecular weight is 572 g/mol. The van der Waals surface area contributed by atoms with Gasteiger partial charge in [-0.05, 0) is 82.8 Å². The molecule has 9 heteroatoms. The molecule has 5 heterocycles. The second-order valence-electron chi connectivity index (χ2n) is 12.6. The van der Waals surface area contributed by atoms with Crippen LogP contribution >= 0.6 is 0 Å². The number of halogens is 1. The van der Waals surface area contributed by atoms with E-state index in [1.54, 1.807) is 17.9 Å². The Balaban J connectivity index is 1.46. The Morgan fingerprint density at radius 3 is 2.62 bits per heavy atom. The largest absolute Gasteiger partial charge is 0.486 e. The van der Waals surface area contributed by atoms with Crippen molar-refractivity contribution in [1.29, 1.82) is 0 Å². The lowest BCUT2D eigenvalue weighted by Gasteiger charge is -2.41. The molecular formula is C33H38FN5O3. The minimum Gasteiger partial charge on any atom is -0.486 e. The molecule has 3 saturated heterocycles. The smallest absolute Gasteiger partial charge is 0.350 e. The normalized spacial score (nSPS) is 21.2. The average Bonchev–Trinajstić information content (AvgIpc) is 3.56. The molecule has 1 aromatic heterocycles. The lowest BCUT2D eigenvalue weighted by Crippen LogP contribution is -2.54. The number of benzene rings is 2. The van der Waals surface area contributed by atoms with Gasteiger partial charge in [-0.25, -0.2) is 9.18 Å². The number of carbonyl (C=O) groups excluding carboxylic acids is 1. The minimum absolute atomic E-state index is 0.0644. The van der Waals surface area contributed by atoms with Crippen LogP contribution in [0.15, 0.2) is 35.6 Å². The summed E-state index contributed by atoms with van der Waals surface area (Å²) in [5, 5.41) is 0.830. The monoisotopic (exact) mass is 571 g/mol. The molecule has 4 aliphatic heterocycles. The summed E-state index contributed by atoms with van der Waals surface area (Å²) in [6, 6.07) is 5.72. The molecule has 1 amide bonds. The van der Waals surface area contributed by atoms with Crippen LogP contribution in [0.4, 0.5) is 10.2 Å². The van der Waals surface area contributed by atoms with Crippen LogP contribution in [-0.2, 0) is 17.9 Å². The fraction of sp³-hybridized carbons (Fsp3) is 0.485. The van der Waals surface area contributed by atoms with E-state index in [1.165, 1.54) is 6.08 Å². The Bertz CT molecular complexity index is 1690. The standard InChI is InChI=1S/C33H38FN5O3/c1-5-25(40)36-14-15-38(22(4)17-36)31-24-16-21(3)26-27-23(9-8-20(2)28(27)34)18-42-30(26)29(24)39(32(41)35-31)19-33-10-6-12-37(33)13-7-11-33/h5,8-9,16,22H,1,6-7,10-15,17-19H2,2-4H3/t22-/m0/s1. The van der Waals surface area contributed by atoms with E-state index in [-0.39, 0.29) is 35.6 Å². The van der Waals surface area contributed by atoms with Gasteiger partial charge in [0, 0.05) is 59.8 Å². The molecule has 0 unspecified atom stereocenters. The van der Waals surface area contributed by atoms with Crippen molar-refractivity contribution in [3.05, 3.63) is 63.8 Å². The number of rotatable bonds is 4. The summed E-state index contributed by atoms with van der Waals surface area (Å²) in [7, 11) is 0. The number of amides is 1. The molecule has 2 aromatic carbocycles. The molecule has 0 N–H and O–H groups in total. The number of nitrogens with zero attached hydrogens (tertiary/aromatic N) is 5. The highest BCUT2D eigenvalue weighted by Gasteiger charge is 2.45. The molecule has 1 atom stereocenters. The van der Waals surface area contributed by atoms with Gasteiger partial charge in [0.15, 0.2) is 5.75 Å². The van der Waals surface area contributed by atoms with Gasteiger partial charge in [0.1, 0.15) is 18.2 Å². The fourth-order valence-electron chi connectivity index (χ4n) is 7.98. The van der Waals surface area contributed by atoms with Crippen LogP contribution < -0.4 is 15.3 Å². The van der Waals surface area contributed by atoms with E-state index >= 15 is 4.39 Å². The zero-order chi connectivity index (χ0) is 29.3. The summed E-state index contributed by atoms with van der Waals surface area (Å²) in [5.41, 5.74) is 3.87. The third kappa shape index (κ3) is 4.00. The molecule has 0 bridgehead atoms. The molecule has 0 saturated carbocycles. The second kappa shape index (κ2) is 9.93. The maximum Gasteiger partial charge on any atom is 0.350 e. The van der Waals surface area contributed by atoms with Crippen LogP contribution in [0.5, 0.6) is 5.75 Å². The predicted molar refractivity (Wildman–Crippen MR) is 162 cm³/mol. The van der Waals surface area contributed by atoms with Crippen LogP contribution in [0, 0.1) is 19.7 Å². The minimum atomic E-state index is -0.312. The van der Waals surface area contributed by atoms with E-state index in [0.29, 0.717) is 54.4 Å². The summed E-state index contributed by atoms with van der Waals surface area (Å²) >= 11 is 0. The molecule has 42 heavy (non-hydrogen) atoms. The highest BCUT2D eigenvalue weighted by Crippen LogP contribution is 2.48. The molecule has 8 nitrogen and oxygen atoms in total. The number of fused-ring (bicyclic) bond motifs is 6. The van der Waals surface area contributed by atoms with Crippen molar-refractivity contribution in [2.45, 2.75) is 71.2 Å². The van der Waals surface area contributed by atoms with Gasteiger partial charge in [0.25, 0.3) is 0 Å². The first kappa shape index (κ1) is 27.1. The Labute approximate surface area is 245 Å².